The topological polar surface area (TPSA) is 77.2 Å². The van der Waals surface area contributed by atoms with Crippen LogP contribution in [-0.2, 0) is 0 Å². The number of nitro groups is 1. The molecule has 3 aromatic carbocycles. The van der Waals surface area contributed by atoms with Crippen molar-refractivity contribution < 1.29 is 14.4 Å². The van der Waals surface area contributed by atoms with Gasteiger partial charge >= 0.3 is 0 Å². The van der Waals surface area contributed by atoms with Gasteiger partial charge in [0.05, 0.1) is 23.8 Å². The highest BCUT2D eigenvalue weighted by molar-refractivity contribution is 9.10. The average molecular weight is 480 g/mol. The van der Waals surface area contributed by atoms with Crippen LogP contribution in [-0.4, -0.2) is 22.8 Å². The summed E-state index contributed by atoms with van der Waals surface area (Å²) in [6, 6.07) is 20.2. The van der Waals surface area contributed by atoms with Crippen LogP contribution in [0.25, 0.3) is 0 Å². The summed E-state index contributed by atoms with van der Waals surface area (Å²) < 4.78 is 12.6. The molecule has 2 atom stereocenters. The highest BCUT2D eigenvalue weighted by atomic mass is 79.9. The van der Waals surface area contributed by atoms with Crippen LogP contribution in [0.3, 0.4) is 0 Å². The summed E-state index contributed by atoms with van der Waals surface area (Å²) in [6.45, 7) is 0. The Morgan fingerprint density at radius 2 is 2.00 bits per heavy atom. The van der Waals surface area contributed by atoms with Gasteiger partial charge in [0, 0.05) is 39.7 Å². The third-order valence-electron chi connectivity index (χ3n) is 5.52. The molecule has 31 heavy (non-hydrogen) atoms. The molecule has 3 aromatic rings. The van der Waals surface area contributed by atoms with Crippen LogP contribution in [0.1, 0.15) is 35.4 Å². The summed E-state index contributed by atoms with van der Waals surface area (Å²) in [7, 11) is 1.64. The van der Waals surface area contributed by atoms with Crippen LogP contribution in [0.15, 0.2) is 76.3 Å². The lowest BCUT2D eigenvalue weighted by Gasteiger charge is -2.38. The third-order valence-corrected chi connectivity index (χ3v) is 6.01. The van der Waals surface area contributed by atoms with E-state index < -0.39 is 11.2 Å². The number of benzene rings is 3. The first-order valence-electron chi connectivity index (χ1n) is 9.74. The van der Waals surface area contributed by atoms with Crippen molar-refractivity contribution in [3.8, 4) is 11.5 Å². The number of halogens is 1. The first-order chi connectivity index (χ1) is 15.0. The van der Waals surface area contributed by atoms with E-state index in [0.29, 0.717) is 12.0 Å². The molecule has 2 aliphatic rings. The normalized spacial score (nSPS) is 19.2. The van der Waals surface area contributed by atoms with Crippen LogP contribution in [0.5, 0.6) is 11.5 Å². The van der Waals surface area contributed by atoms with E-state index in [1.54, 1.807) is 19.2 Å². The lowest BCUT2D eigenvalue weighted by Crippen LogP contribution is -2.33. The second kappa shape index (κ2) is 7.70. The van der Waals surface area contributed by atoms with Crippen molar-refractivity contribution in [2.45, 2.75) is 18.7 Å². The van der Waals surface area contributed by atoms with E-state index in [9.17, 15) is 10.1 Å². The maximum atomic E-state index is 11.3. The SMILES string of the molecule is COc1cccc(C2=NN3C(C2)c2cc(Br)ccc2OC3c2cccc([N+](=O)[O-])c2)c1. The number of nitrogens with zero attached hydrogens (tertiary/aromatic N) is 3. The maximum Gasteiger partial charge on any atom is 0.269 e. The number of ether oxygens (including phenoxy) is 2. The average Bonchev–Trinajstić information content (AvgIpc) is 3.24. The Labute approximate surface area is 187 Å². The van der Waals surface area contributed by atoms with E-state index in [0.717, 1.165) is 32.8 Å². The fraction of sp³-hybridized carbons (Fsp3) is 0.174. The predicted molar refractivity (Wildman–Crippen MR) is 119 cm³/mol. The number of rotatable bonds is 4. The molecule has 5 rings (SSSR count). The molecular formula is C23H18BrN3O4. The lowest BCUT2D eigenvalue weighted by atomic mass is 9.96. The number of fused-ring (bicyclic) bond motifs is 3. The van der Waals surface area contributed by atoms with E-state index in [2.05, 4.69) is 15.9 Å². The Kier molecular flexibility index (Phi) is 4.86. The summed E-state index contributed by atoms with van der Waals surface area (Å²) >= 11 is 3.55. The monoisotopic (exact) mass is 479 g/mol. The summed E-state index contributed by atoms with van der Waals surface area (Å²) in [5.41, 5.74) is 3.62. The molecule has 0 spiro atoms. The first-order valence-corrected chi connectivity index (χ1v) is 10.5. The molecule has 7 nitrogen and oxygen atoms in total. The summed E-state index contributed by atoms with van der Waals surface area (Å²) in [6.07, 6.45) is 0.118. The summed E-state index contributed by atoms with van der Waals surface area (Å²) in [5.74, 6) is 1.52. The van der Waals surface area contributed by atoms with Crippen molar-refractivity contribution in [3.05, 3.63) is 98.0 Å². The van der Waals surface area contributed by atoms with Gasteiger partial charge in [0.2, 0.25) is 6.23 Å². The van der Waals surface area contributed by atoms with Crippen LogP contribution in [0, 0.1) is 10.1 Å². The van der Waals surface area contributed by atoms with Gasteiger partial charge in [0.15, 0.2) is 0 Å². The van der Waals surface area contributed by atoms with Crippen LogP contribution >= 0.6 is 15.9 Å². The molecule has 0 bridgehead atoms. The van der Waals surface area contributed by atoms with Gasteiger partial charge in [0.1, 0.15) is 11.5 Å². The minimum absolute atomic E-state index is 0.0236. The molecule has 156 valence electrons. The van der Waals surface area contributed by atoms with Gasteiger partial charge in [-0.2, -0.15) is 5.10 Å². The number of nitro benzene ring substituents is 1. The molecule has 0 aromatic heterocycles. The van der Waals surface area contributed by atoms with Crippen molar-refractivity contribution in [1.82, 2.24) is 5.01 Å². The van der Waals surface area contributed by atoms with Crippen LogP contribution in [0.4, 0.5) is 5.69 Å². The third kappa shape index (κ3) is 3.53. The second-order valence-electron chi connectivity index (χ2n) is 7.38. The van der Waals surface area contributed by atoms with Crippen LogP contribution < -0.4 is 9.47 Å². The molecule has 0 radical (unpaired) electrons. The molecule has 0 amide bonds. The molecule has 2 aliphatic heterocycles. The molecule has 8 heteroatoms. The fourth-order valence-corrected chi connectivity index (χ4v) is 4.43. The minimum atomic E-state index is -0.568. The minimum Gasteiger partial charge on any atom is -0.497 e. The molecule has 0 saturated carbocycles. The molecule has 0 saturated heterocycles. The van der Waals surface area contributed by atoms with E-state index in [1.165, 1.54) is 6.07 Å². The Bertz CT molecular complexity index is 1210. The highest BCUT2D eigenvalue weighted by Gasteiger charge is 2.41. The van der Waals surface area contributed by atoms with Gasteiger partial charge in [-0.3, -0.25) is 10.1 Å². The number of hydrogen-bond acceptors (Lipinski definition) is 6. The number of hydrazone groups is 1. The Balaban J connectivity index is 1.60. The number of methoxy groups -OCH3 is 1. The Hall–Kier alpha value is -3.39. The first kappa shape index (κ1) is 19.6. The maximum absolute atomic E-state index is 11.3. The van der Waals surface area contributed by atoms with Gasteiger partial charge in [0.25, 0.3) is 5.69 Å². The van der Waals surface area contributed by atoms with Gasteiger partial charge in [-0.25, -0.2) is 5.01 Å². The van der Waals surface area contributed by atoms with Gasteiger partial charge in [-0.1, -0.05) is 40.2 Å². The van der Waals surface area contributed by atoms with Crippen LogP contribution in [0.2, 0.25) is 0 Å². The van der Waals surface area contributed by atoms with Crippen molar-refractivity contribution in [1.29, 1.82) is 0 Å². The van der Waals surface area contributed by atoms with Crippen molar-refractivity contribution in [2.24, 2.45) is 5.10 Å². The second-order valence-corrected chi connectivity index (χ2v) is 8.30. The standard InChI is InChI=1S/C23H18BrN3O4/c1-30-18-7-3-4-14(11-18)20-13-21-19-12-16(24)8-9-22(19)31-23(26(21)25-20)15-5-2-6-17(10-15)27(28)29/h2-12,21,23H,13H2,1H3. The lowest BCUT2D eigenvalue weighted by molar-refractivity contribution is -0.385. The zero-order valence-electron chi connectivity index (χ0n) is 16.6. The van der Waals surface area contributed by atoms with Crippen molar-refractivity contribution in [3.63, 3.8) is 0 Å². The quantitative estimate of drug-likeness (QED) is 0.359. The molecular weight excluding hydrogens is 462 g/mol. The molecule has 0 fully saturated rings. The number of non-ortho nitro benzene ring substituents is 1. The van der Waals surface area contributed by atoms with Gasteiger partial charge in [-0.15, -0.1) is 0 Å². The number of hydrogen-bond donors (Lipinski definition) is 0. The molecule has 2 unspecified atom stereocenters. The zero-order chi connectivity index (χ0) is 21.5. The molecule has 2 heterocycles. The Morgan fingerprint density at radius 3 is 2.81 bits per heavy atom. The predicted octanol–water partition coefficient (Wildman–Crippen LogP) is 5.61. The fourth-order valence-electron chi connectivity index (χ4n) is 4.05. The summed E-state index contributed by atoms with van der Waals surface area (Å²) in [5, 5.41) is 18.1. The highest BCUT2D eigenvalue weighted by Crippen LogP contribution is 2.48. The van der Waals surface area contributed by atoms with E-state index in [-0.39, 0.29) is 11.7 Å². The Morgan fingerprint density at radius 1 is 1.16 bits per heavy atom. The van der Waals surface area contributed by atoms with Crippen molar-refractivity contribution in [2.75, 3.05) is 7.11 Å². The largest absolute Gasteiger partial charge is 0.497 e. The molecule has 0 aliphatic carbocycles. The molecule has 0 N–H and O–H groups in total. The van der Waals surface area contributed by atoms with Crippen molar-refractivity contribution >= 4 is 27.3 Å². The van der Waals surface area contributed by atoms with E-state index in [4.69, 9.17) is 14.6 Å². The zero-order valence-corrected chi connectivity index (χ0v) is 18.2. The van der Waals surface area contributed by atoms with E-state index >= 15 is 0 Å². The summed E-state index contributed by atoms with van der Waals surface area (Å²) in [4.78, 5) is 10.9. The smallest absolute Gasteiger partial charge is 0.269 e. The van der Waals surface area contributed by atoms with Gasteiger partial charge < -0.3 is 9.47 Å². The van der Waals surface area contributed by atoms with Gasteiger partial charge in [-0.05, 0) is 30.3 Å². The van der Waals surface area contributed by atoms with E-state index in [1.807, 2.05) is 53.5 Å².